The maximum atomic E-state index is 14.0. The number of nitrogens with zero attached hydrogens (tertiary/aromatic N) is 1. The number of ether oxygens (including phenoxy) is 8. The van der Waals surface area contributed by atoms with Crippen molar-refractivity contribution in [1.29, 1.82) is 0 Å². The molecule has 1 aliphatic heterocycles. The topological polar surface area (TPSA) is 178 Å². The number of hydroxylamine groups is 2. The fraction of sp³-hybridized carbons (Fsp3) is 0.722. The Bertz CT molecular complexity index is 1550. The van der Waals surface area contributed by atoms with Gasteiger partial charge in [-0.3, -0.25) is 14.4 Å². The van der Waals surface area contributed by atoms with Crippen molar-refractivity contribution >= 4 is 24.2 Å². The molecule has 7 rings (SSSR count). The zero-order valence-electron chi connectivity index (χ0n) is 29.9. The number of methoxy groups -OCH3 is 5. The molecule has 15 heteroatoms. The van der Waals surface area contributed by atoms with Crippen molar-refractivity contribution in [2.75, 3.05) is 48.9 Å². The Morgan fingerprint density at radius 3 is 2.14 bits per heavy atom. The molecule has 0 radical (unpaired) electrons. The summed E-state index contributed by atoms with van der Waals surface area (Å²) >= 11 is 0. The molecule has 1 saturated heterocycles. The molecule has 15 nitrogen and oxygen atoms in total. The average molecular weight is 718 g/mol. The van der Waals surface area contributed by atoms with Crippen LogP contribution in [0.4, 0.5) is 0 Å². The van der Waals surface area contributed by atoms with Crippen molar-refractivity contribution in [2.45, 2.75) is 80.9 Å². The maximum Gasteiger partial charge on any atom is 0.338 e. The third-order valence-corrected chi connectivity index (χ3v) is 13.1. The van der Waals surface area contributed by atoms with E-state index in [-0.39, 0.29) is 38.2 Å². The lowest BCUT2D eigenvalue weighted by Gasteiger charge is -2.64. The van der Waals surface area contributed by atoms with Crippen LogP contribution in [0.15, 0.2) is 24.3 Å². The van der Waals surface area contributed by atoms with Gasteiger partial charge in [-0.25, -0.2) is 4.79 Å². The van der Waals surface area contributed by atoms with Gasteiger partial charge in [0.2, 0.25) is 0 Å². The van der Waals surface area contributed by atoms with E-state index in [1.807, 2.05) is 0 Å². The lowest BCUT2D eigenvalue weighted by Crippen LogP contribution is -2.74. The Labute approximate surface area is 296 Å². The van der Waals surface area contributed by atoms with Crippen molar-refractivity contribution in [3.8, 4) is 5.75 Å². The van der Waals surface area contributed by atoms with Crippen LogP contribution in [0.1, 0.15) is 43.5 Å². The summed E-state index contributed by atoms with van der Waals surface area (Å²) in [6, 6.07) is 5.83. The van der Waals surface area contributed by atoms with Crippen molar-refractivity contribution < 1.29 is 67.0 Å². The van der Waals surface area contributed by atoms with Gasteiger partial charge in [-0.2, -0.15) is 5.06 Å². The van der Waals surface area contributed by atoms with Crippen LogP contribution in [0.5, 0.6) is 5.75 Å². The Hall–Kier alpha value is -3.18. The van der Waals surface area contributed by atoms with E-state index in [1.54, 1.807) is 36.4 Å². The van der Waals surface area contributed by atoms with E-state index < -0.39 is 100 Å². The zero-order chi connectivity index (χ0) is 36.7. The molecule has 5 aliphatic carbocycles. The van der Waals surface area contributed by atoms with Crippen LogP contribution in [-0.4, -0.2) is 131 Å². The summed E-state index contributed by atoms with van der Waals surface area (Å²) in [5, 5.41) is 14.7. The number of benzene rings is 1. The van der Waals surface area contributed by atoms with E-state index in [2.05, 4.69) is 0 Å². The van der Waals surface area contributed by atoms with Crippen LogP contribution < -0.4 is 4.74 Å². The quantitative estimate of drug-likeness (QED) is 0.142. The van der Waals surface area contributed by atoms with Crippen molar-refractivity contribution in [3.63, 3.8) is 0 Å². The van der Waals surface area contributed by atoms with E-state index in [1.165, 1.54) is 42.3 Å². The van der Waals surface area contributed by atoms with Crippen LogP contribution in [0.3, 0.4) is 0 Å². The highest BCUT2D eigenvalue weighted by Crippen LogP contribution is 2.79. The molecule has 51 heavy (non-hydrogen) atoms. The average Bonchev–Trinajstić information content (AvgIpc) is 3.85. The molecule has 0 aromatic heterocycles. The second-order valence-electron chi connectivity index (χ2n) is 14.9. The van der Waals surface area contributed by atoms with Crippen LogP contribution in [0.2, 0.25) is 0 Å². The minimum Gasteiger partial charge on any atom is -0.497 e. The molecule has 280 valence electrons. The number of hydrogen-bond donors (Lipinski definition) is 1. The van der Waals surface area contributed by atoms with Gasteiger partial charge in [0.15, 0.2) is 0 Å². The lowest BCUT2D eigenvalue weighted by molar-refractivity contribution is -0.278. The van der Waals surface area contributed by atoms with Crippen LogP contribution >= 0.6 is 0 Å². The highest BCUT2D eigenvalue weighted by Gasteiger charge is 2.90. The predicted octanol–water partition coefficient (Wildman–Crippen LogP) is 1.32. The van der Waals surface area contributed by atoms with E-state index in [0.717, 1.165) is 6.29 Å². The Balaban J connectivity index is 1.49. The molecule has 15 atom stereocenters. The van der Waals surface area contributed by atoms with Crippen molar-refractivity contribution in [1.82, 2.24) is 5.06 Å². The summed E-state index contributed by atoms with van der Waals surface area (Å²) in [6.45, 7) is 2.71. The molecule has 1 unspecified atom stereocenters. The minimum absolute atomic E-state index is 0.0315. The molecular weight excluding hydrogens is 670 g/mol. The number of aliphatic hydroxyl groups is 1. The molecule has 6 fully saturated rings. The summed E-state index contributed by atoms with van der Waals surface area (Å²) in [6.07, 6.45) is -3.69. The molecule has 0 amide bonds. The normalized spacial score (nSPS) is 45.7. The third kappa shape index (κ3) is 4.81. The summed E-state index contributed by atoms with van der Waals surface area (Å²) < 4.78 is 48.8. The number of carbonyl (C=O) groups excluding carboxylic acids is 4. The van der Waals surface area contributed by atoms with Gasteiger partial charge in [0.1, 0.15) is 42.2 Å². The molecule has 5 saturated carbocycles. The molecule has 1 N–H and O–H groups in total. The monoisotopic (exact) mass is 717 g/mol. The number of fused-ring (bicyclic) bond motifs is 3. The van der Waals surface area contributed by atoms with E-state index in [0.29, 0.717) is 5.75 Å². The lowest BCUT2D eigenvalue weighted by atomic mass is 9.45. The van der Waals surface area contributed by atoms with Crippen LogP contribution in [-0.2, 0) is 52.4 Å². The summed E-state index contributed by atoms with van der Waals surface area (Å²) in [7, 11) is 7.55. The molecule has 4 bridgehead atoms. The fourth-order valence-corrected chi connectivity index (χ4v) is 11.9. The second-order valence-corrected chi connectivity index (χ2v) is 14.9. The van der Waals surface area contributed by atoms with Gasteiger partial charge in [0.25, 0.3) is 0 Å². The van der Waals surface area contributed by atoms with Gasteiger partial charge in [0, 0.05) is 78.3 Å². The zero-order valence-corrected chi connectivity index (χ0v) is 29.9. The fourth-order valence-electron chi connectivity index (χ4n) is 11.9. The highest BCUT2D eigenvalue weighted by atomic mass is 16.8. The van der Waals surface area contributed by atoms with Crippen LogP contribution in [0, 0.1) is 34.5 Å². The first-order chi connectivity index (χ1) is 24.4. The SMILES string of the molecule is COC[C@]1(C=O)[C@H]2[C@@H](OC)[C@H]3[C@@H](N4CO4)[C@]2([C@@H](OC)C[C@H]1OC(C)=O)[C@@H]1C[C@]2(O)[C@@H](OC)C[C@@]3(OC(C)=O)[C@H]1[C@H]2OC(=O)c1ccc(OC)cc1. The molecule has 1 aromatic carbocycles. The number of aldehydes is 1. The summed E-state index contributed by atoms with van der Waals surface area (Å²) in [5.41, 5.74) is -5.53. The molecule has 6 aliphatic rings. The third-order valence-electron chi connectivity index (χ3n) is 13.1. The minimum atomic E-state index is -1.75. The number of carbonyl (C=O) groups is 4. The maximum absolute atomic E-state index is 14.0. The highest BCUT2D eigenvalue weighted by molar-refractivity contribution is 5.89. The number of esters is 3. The summed E-state index contributed by atoms with van der Waals surface area (Å²) in [5.74, 6) is -4.26. The van der Waals surface area contributed by atoms with Gasteiger partial charge in [0.05, 0.1) is 49.0 Å². The second kappa shape index (κ2) is 12.7. The Kier molecular flexibility index (Phi) is 9.04. The number of hydrogen-bond acceptors (Lipinski definition) is 15. The first-order valence-electron chi connectivity index (χ1n) is 17.3. The number of rotatable bonds is 12. The molecule has 1 heterocycles. The van der Waals surface area contributed by atoms with E-state index >= 15 is 0 Å². The first-order valence-corrected chi connectivity index (χ1v) is 17.3. The largest absolute Gasteiger partial charge is 0.497 e. The molecular formula is C36H47NO14. The van der Waals surface area contributed by atoms with Gasteiger partial charge in [-0.1, -0.05) is 0 Å². The summed E-state index contributed by atoms with van der Waals surface area (Å²) in [4.78, 5) is 59.6. The standard InChI is InChI=1S/C36H47NO14/c1-18(39)49-23-12-24(45-5)36-22-13-34(42)25(46-6)14-35(51-19(2)40,26(22)31(34)50-32(41)20-8-10-21(44-4)11-9-20)27(30(36)37-17-48-37)28(47-7)29(36)33(23,15-38)16-43-3/h8-11,15,22-31,42H,12-14,16-17H2,1-7H3/t22-,23-,24+,25+,26-,27+,28+,29-,30-,31-,33+,34+,35-,36+,37?/m1/s1. The Morgan fingerprint density at radius 2 is 1.61 bits per heavy atom. The molecule has 1 aromatic rings. The Morgan fingerprint density at radius 1 is 0.922 bits per heavy atom. The van der Waals surface area contributed by atoms with Crippen molar-refractivity contribution in [2.24, 2.45) is 34.5 Å². The van der Waals surface area contributed by atoms with Gasteiger partial charge >= 0.3 is 17.9 Å². The van der Waals surface area contributed by atoms with Gasteiger partial charge < -0.3 is 47.8 Å². The van der Waals surface area contributed by atoms with Gasteiger partial charge in [-0.15, -0.1) is 0 Å². The molecule has 1 spiro atoms. The van der Waals surface area contributed by atoms with E-state index in [4.69, 9.17) is 42.7 Å². The van der Waals surface area contributed by atoms with Gasteiger partial charge in [-0.05, 0) is 36.6 Å². The predicted molar refractivity (Wildman–Crippen MR) is 172 cm³/mol. The van der Waals surface area contributed by atoms with E-state index in [9.17, 15) is 24.3 Å². The first kappa shape index (κ1) is 36.2. The van der Waals surface area contributed by atoms with Crippen LogP contribution in [0.25, 0.3) is 0 Å². The smallest absolute Gasteiger partial charge is 0.338 e. The van der Waals surface area contributed by atoms with Crippen molar-refractivity contribution in [3.05, 3.63) is 29.8 Å².